The SMILES string of the molecule is C=NN(C)/C=C(\C)C(=O)Nc1cccc(-c2nnc(Nc3ccc4[nH]ncc4c3)s2)c1. The molecule has 31 heavy (non-hydrogen) atoms. The van der Waals surface area contributed by atoms with Crippen molar-refractivity contribution < 1.29 is 4.79 Å². The van der Waals surface area contributed by atoms with E-state index in [9.17, 15) is 4.79 Å². The van der Waals surface area contributed by atoms with Gasteiger partial charge in [-0.2, -0.15) is 10.2 Å². The number of aromatic nitrogens is 4. The van der Waals surface area contributed by atoms with Gasteiger partial charge in [-0.1, -0.05) is 23.5 Å². The van der Waals surface area contributed by atoms with E-state index in [1.54, 1.807) is 26.4 Å². The molecule has 2 aromatic carbocycles. The summed E-state index contributed by atoms with van der Waals surface area (Å²) < 4.78 is 0. The molecule has 9 nitrogen and oxygen atoms in total. The van der Waals surface area contributed by atoms with E-state index < -0.39 is 0 Å². The molecule has 4 rings (SSSR count). The first-order valence-electron chi connectivity index (χ1n) is 9.35. The van der Waals surface area contributed by atoms with Crippen molar-refractivity contribution in [3.8, 4) is 10.6 Å². The topological polar surface area (TPSA) is 111 Å². The van der Waals surface area contributed by atoms with Gasteiger partial charge in [0.2, 0.25) is 5.13 Å². The van der Waals surface area contributed by atoms with Crippen LogP contribution >= 0.6 is 11.3 Å². The molecule has 0 aliphatic rings. The third-order valence-corrected chi connectivity index (χ3v) is 5.33. The van der Waals surface area contributed by atoms with E-state index in [0.29, 0.717) is 16.4 Å². The highest BCUT2D eigenvalue weighted by Crippen LogP contribution is 2.30. The molecule has 2 heterocycles. The quantitative estimate of drug-likeness (QED) is 0.229. The lowest BCUT2D eigenvalue weighted by Crippen LogP contribution is -2.15. The maximum absolute atomic E-state index is 12.4. The number of aromatic amines is 1. The maximum atomic E-state index is 12.4. The van der Waals surface area contributed by atoms with Crippen LogP contribution in [0.25, 0.3) is 21.5 Å². The van der Waals surface area contributed by atoms with Crippen molar-refractivity contribution in [2.75, 3.05) is 17.7 Å². The number of benzene rings is 2. The highest BCUT2D eigenvalue weighted by Gasteiger charge is 2.10. The average molecular weight is 433 g/mol. The Labute approximate surface area is 182 Å². The summed E-state index contributed by atoms with van der Waals surface area (Å²) in [6.45, 7) is 5.13. The van der Waals surface area contributed by atoms with Gasteiger partial charge in [0.15, 0.2) is 0 Å². The van der Waals surface area contributed by atoms with Gasteiger partial charge in [0.25, 0.3) is 5.91 Å². The molecule has 10 heteroatoms. The lowest BCUT2D eigenvalue weighted by Gasteiger charge is -2.09. The average Bonchev–Trinajstić information content (AvgIpc) is 3.43. The van der Waals surface area contributed by atoms with Gasteiger partial charge in [0.05, 0.1) is 11.7 Å². The van der Waals surface area contributed by atoms with Gasteiger partial charge in [-0.3, -0.25) is 14.9 Å². The highest BCUT2D eigenvalue weighted by atomic mass is 32.1. The molecule has 0 saturated carbocycles. The van der Waals surface area contributed by atoms with Crippen LogP contribution < -0.4 is 10.6 Å². The predicted molar refractivity (Wildman–Crippen MR) is 124 cm³/mol. The summed E-state index contributed by atoms with van der Waals surface area (Å²) in [5.74, 6) is -0.220. The molecule has 3 N–H and O–H groups in total. The van der Waals surface area contributed by atoms with Gasteiger partial charge in [0.1, 0.15) is 5.01 Å². The van der Waals surface area contributed by atoms with Crippen LogP contribution in [0.15, 0.2) is 65.5 Å². The molecule has 0 fully saturated rings. The van der Waals surface area contributed by atoms with E-state index >= 15 is 0 Å². The first kappa shape index (κ1) is 20.2. The Kier molecular flexibility index (Phi) is 5.72. The minimum absolute atomic E-state index is 0.220. The van der Waals surface area contributed by atoms with Gasteiger partial charge in [-0.25, -0.2) is 0 Å². The van der Waals surface area contributed by atoms with Gasteiger partial charge in [0, 0.05) is 47.9 Å². The van der Waals surface area contributed by atoms with Crippen LogP contribution in [0.3, 0.4) is 0 Å². The van der Waals surface area contributed by atoms with Crippen molar-refractivity contribution in [1.29, 1.82) is 0 Å². The number of fused-ring (bicyclic) bond motifs is 1. The van der Waals surface area contributed by atoms with E-state index in [0.717, 1.165) is 27.2 Å². The van der Waals surface area contributed by atoms with E-state index in [2.05, 4.69) is 42.8 Å². The highest BCUT2D eigenvalue weighted by molar-refractivity contribution is 7.18. The minimum Gasteiger partial charge on any atom is -0.330 e. The fourth-order valence-corrected chi connectivity index (χ4v) is 3.63. The second kappa shape index (κ2) is 8.76. The Morgan fingerprint density at radius 2 is 2.10 bits per heavy atom. The van der Waals surface area contributed by atoms with Crippen molar-refractivity contribution in [3.05, 3.63) is 60.4 Å². The Morgan fingerprint density at radius 3 is 2.94 bits per heavy atom. The fourth-order valence-electron chi connectivity index (χ4n) is 2.87. The van der Waals surface area contributed by atoms with Gasteiger partial charge in [-0.05, 0) is 37.3 Å². The number of rotatable bonds is 7. The van der Waals surface area contributed by atoms with Crippen LogP contribution in [0.1, 0.15) is 6.92 Å². The van der Waals surface area contributed by atoms with Crippen LogP contribution in [0, 0.1) is 0 Å². The second-order valence-electron chi connectivity index (χ2n) is 6.77. The van der Waals surface area contributed by atoms with Crippen molar-refractivity contribution in [2.45, 2.75) is 6.92 Å². The standard InChI is InChI=1S/C21H20N8OS/c1-13(12-29(3)22-2)19(30)24-16-6-4-5-14(9-16)20-27-28-21(31-20)25-17-7-8-18-15(10-17)11-23-26-18/h4-12H,2H2,1,3H3,(H,23,26)(H,24,30)(H,25,28)/b13-12+. The monoisotopic (exact) mass is 432 g/mol. The van der Waals surface area contributed by atoms with Crippen molar-refractivity contribution in [3.63, 3.8) is 0 Å². The summed E-state index contributed by atoms with van der Waals surface area (Å²) in [7, 11) is 1.71. The zero-order chi connectivity index (χ0) is 21.8. The van der Waals surface area contributed by atoms with E-state index in [1.165, 1.54) is 16.3 Å². The molecular formula is C21H20N8OS. The summed E-state index contributed by atoms with van der Waals surface area (Å²) in [5.41, 5.74) is 3.91. The Morgan fingerprint density at radius 1 is 1.23 bits per heavy atom. The first-order chi connectivity index (χ1) is 15.0. The second-order valence-corrected chi connectivity index (χ2v) is 7.75. The Hall–Kier alpha value is -4.05. The van der Waals surface area contributed by atoms with Crippen LogP contribution in [0.5, 0.6) is 0 Å². The van der Waals surface area contributed by atoms with Crippen molar-refractivity contribution >= 4 is 51.4 Å². The molecule has 0 aliphatic carbocycles. The Balaban J connectivity index is 1.48. The molecule has 0 atom stereocenters. The molecular weight excluding hydrogens is 412 g/mol. The summed E-state index contributed by atoms with van der Waals surface area (Å²) >= 11 is 1.43. The molecule has 4 aromatic rings. The summed E-state index contributed by atoms with van der Waals surface area (Å²) in [6, 6.07) is 13.4. The number of nitrogens with zero attached hydrogens (tertiary/aromatic N) is 5. The minimum atomic E-state index is -0.220. The third-order valence-electron chi connectivity index (χ3n) is 4.45. The predicted octanol–water partition coefficient (Wildman–Crippen LogP) is 4.21. The lowest BCUT2D eigenvalue weighted by molar-refractivity contribution is -0.112. The maximum Gasteiger partial charge on any atom is 0.252 e. The molecule has 0 aliphatic heterocycles. The van der Waals surface area contributed by atoms with Gasteiger partial charge >= 0.3 is 0 Å². The normalized spacial score (nSPS) is 11.4. The van der Waals surface area contributed by atoms with E-state index in [-0.39, 0.29) is 5.91 Å². The summed E-state index contributed by atoms with van der Waals surface area (Å²) in [4.78, 5) is 12.4. The number of H-pyrrole nitrogens is 1. The summed E-state index contributed by atoms with van der Waals surface area (Å²) in [6.07, 6.45) is 3.38. The number of hydrazone groups is 1. The molecule has 156 valence electrons. The zero-order valence-corrected chi connectivity index (χ0v) is 17.8. The number of hydrogen-bond donors (Lipinski definition) is 3. The molecule has 2 aromatic heterocycles. The van der Waals surface area contributed by atoms with Crippen LogP contribution in [-0.4, -0.2) is 45.1 Å². The number of carbonyl (C=O) groups excluding carboxylic acids is 1. The molecule has 0 bridgehead atoms. The number of carbonyl (C=O) groups is 1. The van der Waals surface area contributed by atoms with E-state index in [1.807, 2.05) is 42.5 Å². The molecule has 0 spiro atoms. The number of hydrogen-bond acceptors (Lipinski definition) is 8. The smallest absolute Gasteiger partial charge is 0.252 e. The van der Waals surface area contributed by atoms with E-state index in [4.69, 9.17) is 0 Å². The molecule has 1 amide bonds. The largest absolute Gasteiger partial charge is 0.330 e. The molecule has 0 radical (unpaired) electrons. The first-order valence-corrected chi connectivity index (χ1v) is 10.2. The number of nitrogens with one attached hydrogen (secondary N) is 3. The number of amides is 1. The van der Waals surface area contributed by atoms with Crippen LogP contribution in [0.4, 0.5) is 16.5 Å². The van der Waals surface area contributed by atoms with Gasteiger partial charge < -0.3 is 10.6 Å². The summed E-state index contributed by atoms with van der Waals surface area (Å²) in [5, 5.41) is 29.2. The van der Waals surface area contributed by atoms with Gasteiger partial charge in [-0.15, -0.1) is 10.2 Å². The van der Waals surface area contributed by atoms with Crippen molar-refractivity contribution in [2.24, 2.45) is 5.10 Å². The third kappa shape index (κ3) is 4.75. The zero-order valence-electron chi connectivity index (χ0n) is 17.0. The van der Waals surface area contributed by atoms with Crippen LogP contribution in [0.2, 0.25) is 0 Å². The van der Waals surface area contributed by atoms with Crippen molar-refractivity contribution in [1.82, 2.24) is 25.4 Å². The number of anilines is 3. The Bertz CT molecular complexity index is 1280. The fraction of sp³-hybridized carbons (Fsp3) is 0.0952. The van der Waals surface area contributed by atoms with Crippen LogP contribution in [-0.2, 0) is 4.79 Å². The molecule has 0 saturated heterocycles. The lowest BCUT2D eigenvalue weighted by atomic mass is 10.2. The molecule has 0 unspecified atom stereocenters.